The molecule has 2 rings (SSSR count). The molecule has 0 radical (unpaired) electrons. The molecular weight excluding hydrogens is 352 g/mol. The van der Waals surface area contributed by atoms with Gasteiger partial charge in [0.15, 0.2) is 0 Å². The number of hydrogen-bond donors (Lipinski definition) is 2. The van der Waals surface area contributed by atoms with Crippen LogP contribution in [0.1, 0.15) is 37.9 Å². The molecule has 0 saturated heterocycles. The molecule has 0 fully saturated rings. The van der Waals surface area contributed by atoms with Crippen LogP contribution < -0.4 is 16.0 Å². The molecule has 0 heterocycles. The van der Waals surface area contributed by atoms with Gasteiger partial charge in [-0.15, -0.1) is 0 Å². The molecule has 0 aliphatic heterocycles. The van der Waals surface area contributed by atoms with Crippen LogP contribution in [-0.4, -0.2) is 11.8 Å². The number of amides is 2. The van der Waals surface area contributed by atoms with Gasteiger partial charge in [-0.3, -0.25) is 14.5 Å². The molecule has 2 aromatic carbocycles. The molecule has 0 aliphatic carbocycles. The number of nitrogen functional groups attached to an aromatic ring is 1. The van der Waals surface area contributed by atoms with Crippen molar-refractivity contribution < 1.29 is 9.59 Å². The van der Waals surface area contributed by atoms with E-state index in [1.165, 1.54) is 23.6 Å². The van der Waals surface area contributed by atoms with E-state index in [1.807, 2.05) is 37.3 Å². The van der Waals surface area contributed by atoms with E-state index in [0.29, 0.717) is 11.4 Å². The number of nitrogens with two attached hydrogens (primary N) is 1. The number of rotatable bonds is 6. The first-order valence-corrected chi connectivity index (χ1v) is 9.02. The van der Waals surface area contributed by atoms with E-state index < -0.39 is 5.91 Å². The highest BCUT2D eigenvalue weighted by Gasteiger charge is 2.17. The maximum absolute atomic E-state index is 12.6. The maximum atomic E-state index is 12.6. The summed E-state index contributed by atoms with van der Waals surface area (Å²) in [5, 5.41) is 12.2. The second-order valence-corrected chi connectivity index (χ2v) is 6.43. The van der Waals surface area contributed by atoms with Gasteiger partial charge >= 0.3 is 0 Å². The van der Waals surface area contributed by atoms with Crippen LogP contribution in [0, 0.1) is 11.3 Å². The third kappa shape index (κ3) is 5.21. The first kappa shape index (κ1) is 20.7. The Balaban J connectivity index is 2.22. The zero-order chi connectivity index (χ0) is 20.7. The minimum Gasteiger partial charge on any atom is -0.399 e. The van der Waals surface area contributed by atoms with Crippen LogP contribution in [0.15, 0.2) is 60.3 Å². The van der Waals surface area contributed by atoms with Crippen LogP contribution in [0.2, 0.25) is 0 Å². The van der Waals surface area contributed by atoms with Gasteiger partial charge in [0.05, 0.1) is 11.7 Å². The fraction of sp³-hybridized carbons (Fsp3) is 0.227. The van der Waals surface area contributed by atoms with E-state index in [9.17, 15) is 14.9 Å². The molecule has 28 heavy (non-hydrogen) atoms. The summed E-state index contributed by atoms with van der Waals surface area (Å²) < 4.78 is 0. The predicted octanol–water partition coefficient (Wildman–Crippen LogP) is 3.47. The molecule has 0 saturated carbocycles. The lowest BCUT2D eigenvalue weighted by atomic mass is 10.0. The van der Waals surface area contributed by atoms with Crippen molar-refractivity contribution in [3.63, 3.8) is 0 Å². The SMILES string of the molecule is CCc1ccc(C(C)NC(=O)/C(C#N)=C\N(C(C)=O)c2cccc(N)c2)cc1. The molecule has 2 amide bonds. The van der Waals surface area contributed by atoms with Gasteiger partial charge in [-0.2, -0.15) is 5.26 Å². The highest BCUT2D eigenvalue weighted by molar-refractivity contribution is 6.01. The fourth-order valence-corrected chi connectivity index (χ4v) is 2.69. The molecule has 6 heteroatoms. The Hall–Kier alpha value is -3.59. The summed E-state index contributed by atoms with van der Waals surface area (Å²) in [5.74, 6) is -0.890. The Kier molecular flexibility index (Phi) is 6.94. The minimum atomic E-state index is -0.551. The second-order valence-electron chi connectivity index (χ2n) is 6.43. The van der Waals surface area contributed by atoms with E-state index in [1.54, 1.807) is 24.3 Å². The first-order valence-electron chi connectivity index (χ1n) is 9.02. The van der Waals surface area contributed by atoms with E-state index >= 15 is 0 Å². The third-order valence-corrected chi connectivity index (χ3v) is 4.35. The molecule has 0 spiro atoms. The number of benzene rings is 2. The van der Waals surface area contributed by atoms with E-state index in [-0.39, 0.29) is 17.5 Å². The van der Waals surface area contributed by atoms with Crippen LogP contribution in [-0.2, 0) is 16.0 Å². The third-order valence-electron chi connectivity index (χ3n) is 4.35. The second kappa shape index (κ2) is 9.38. The summed E-state index contributed by atoms with van der Waals surface area (Å²) in [6.07, 6.45) is 2.17. The van der Waals surface area contributed by atoms with Gasteiger partial charge in [0, 0.05) is 18.8 Å². The largest absolute Gasteiger partial charge is 0.399 e. The number of hydrogen-bond acceptors (Lipinski definition) is 4. The lowest BCUT2D eigenvalue weighted by Gasteiger charge is -2.19. The van der Waals surface area contributed by atoms with Gasteiger partial charge < -0.3 is 11.1 Å². The van der Waals surface area contributed by atoms with E-state index in [0.717, 1.165) is 12.0 Å². The number of nitriles is 1. The van der Waals surface area contributed by atoms with Gasteiger partial charge in [0.25, 0.3) is 5.91 Å². The fourth-order valence-electron chi connectivity index (χ4n) is 2.69. The van der Waals surface area contributed by atoms with Gasteiger partial charge in [-0.05, 0) is 42.7 Å². The summed E-state index contributed by atoms with van der Waals surface area (Å²) in [5.41, 5.74) is 8.69. The Morgan fingerprint density at radius 1 is 1.25 bits per heavy atom. The highest BCUT2D eigenvalue weighted by atomic mass is 16.2. The molecule has 1 atom stereocenters. The summed E-state index contributed by atoms with van der Waals surface area (Å²) in [7, 11) is 0. The normalized spacial score (nSPS) is 12.0. The lowest BCUT2D eigenvalue weighted by Crippen LogP contribution is -2.30. The number of nitrogens with one attached hydrogen (secondary N) is 1. The van der Waals surface area contributed by atoms with Gasteiger partial charge in [0.2, 0.25) is 5.91 Å². The topological polar surface area (TPSA) is 99.2 Å². The van der Waals surface area contributed by atoms with Crippen molar-refractivity contribution in [3.05, 3.63) is 71.4 Å². The Morgan fingerprint density at radius 3 is 2.46 bits per heavy atom. The van der Waals surface area contributed by atoms with Crippen molar-refractivity contribution in [1.82, 2.24) is 5.32 Å². The zero-order valence-electron chi connectivity index (χ0n) is 16.3. The summed E-state index contributed by atoms with van der Waals surface area (Å²) in [6, 6.07) is 16.2. The molecule has 3 N–H and O–H groups in total. The lowest BCUT2D eigenvalue weighted by molar-refractivity contribution is -0.117. The van der Waals surface area contributed by atoms with Crippen LogP contribution in [0.25, 0.3) is 0 Å². The monoisotopic (exact) mass is 376 g/mol. The smallest absolute Gasteiger partial charge is 0.263 e. The number of anilines is 2. The van der Waals surface area contributed by atoms with Crippen molar-refractivity contribution in [3.8, 4) is 6.07 Å². The standard InChI is InChI=1S/C22H24N4O2/c1-4-17-8-10-18(11-9-17)15(2)25-22(28)19(13-23)14-26(16(3)27)21-7-5-6-20(24)12-21/h5-12,14-15H,4,24H2,1-3H3,(H,25,28)/b19-14-. The Bertz CT molecular complexity index is 926. The van der Waals surface area contributed by atoms with E-state index in [2.05, 4.69) is 12.2 Å². The van der Waals surface area contributed by atoms with Crippen molar-refractivity contribution in [2.24, 2.45) is 0 Å². The van der Waals surface area contributed by atoms with Gasteiger partial charge in [0.1, 0.15) is 11.6 Å². The average Bonchev–Trinajstić information content (AvgIpc) is 2.68. The summed E-state index contributed by atoms with van der Waals surface area (Å²) >= 11 is 0. The highest BCUT2D eigenvalue weighted by Crippen LogP contribution is 2.20. The first-order chi connectivity index (χ1) is 13.3. The Labute approximate surface area is 165 Å². The van der Waals surface area contributed by atoms with Crippen LogP contribution in [0.3, 0.4) is 0 Å². The van der Waals surface area contributed by atoms with Crippen molar-refractivity contribution in [2.75, 3.05) is 10.6 Å². The van der Waals surface area contributed by atoms with Gasteiger partial charge in [-0.1, -0.05) is 37.3 Å². The summed E-state index contributed by atoms with van der Waals surface area (Å²) in [4.78, 5) is 25.8. The quantitative estimate of drug-likeness (QED) is 0.458. The number of carbonyl (C=O) groups excluding carboxylic acids is 2. The molecule has 2 aromatic rings. The minimum absolute atomic E-state index is 0.172. The zero-order valence-corrected chi connectivity index (χ0v) is 16.3. The average molecular weight is 376 g/mol. The van der Waals surface area contributed by atoms with Gasteiger partial charge in [-0.25, -0.2) is 0 Å². The number of aryl methyl sites for hydroxylation is 1. The van der Waals surface area contributed by atoms with Crippen molar-refractivity contribution in [2.45, 2.75) is 33.2 Å². The molecule has 0 aromatic heterocycles. The molecule has 0 bridgehead atoms. The summed E-state index contributed by atoms with van der Waals surface area (Å²) in [6.45, 7) is 5.27. The maximum Gasteiger partial charge on any atom is 0.263 e. The molecule has 1 unspecified atom stereocenters. The number of nitrogens with zero attached hydrogens (tertiary/aromatic N) is 2. The van der Waals surface area contributed by atoms with E-state index in [4.69, 9.17) is 5.73 Å². The van der Waals surface area contributed by atoms with Crippen LogP contribution in [0.5, 0.6) is 0 Å². The molecule has 144 valence electrons. The van der Waals surface area contributed by atoms with Crippen LogP contribution in [0.4, 0.5) is 11.4 Å². The Morgan fingerprint density at radius 2 is 1.93 bits per heavy atom. The molecule has 6 nitrogen and oxygen atoms in total. The number of carbonyl (C=O) groups is 2. The van der Waals surface area contributed by atoms with Crippen molar-refractivity contribution >= 4 is 23.2 Å². The molecular formula is C22H24N4O2. The van der Waals surface area contributed by atoms with Crippen LogP contribution >= 0.6 is 0 Å². The molecule has 0 aliphatic rings. The van der Waals surface area contributed by atoms with Crippen molar-refractivity contribution in [1.29, 1.82) is 5.26 Å². The predicted molar refractivity (Wildman–Crippen MR) is 110 cm³/mol.